The molecule has 0 radical (unpaired) electrons. The Bertz CT molecular complexity index is 322. The normalized spacial score (nSPS) is 29.3. The third kappa shape index (κ3) is 2.50. The second-order valence-corrected chi connectivity index (χ2v) is 4.79. The molecule has 0 amide bonds. The van der Waals surface area contributed by atoms with Crippen LogP contribution in [0, 0.1) is 11.8 Å². The zero-order valence-corrected chi connectivity index (χ0v) is 9.74. The Kier molecular flexibility index (Phi) is 3.25. The molecule has 2 rings (SSSR count). The largest absolute Gasteiger partial charge is 0.0640 e. The first-order valence-electron chi connectivity index (χ1n) is 6.04. The summed E-state index contributed by atoms with van der Waals surface area (Å²) in [6.07, 6.45) is 6.52. The van der Waals surface area contributed by atoms with E-state index < -0.39 is 0 Å². The average molecular weight is 200 g/mol. The third-order valence-corrected chi connectivity index (χ3v) is 3.55. The van der Waals surface area contributed by atoms with Crippen LogP contribution in [0.15, 0.2) is 35.9 Å². The molecular weight excluding hydrogens is 180 g/mol. The monoisotopic (exact) mass is 200 g/mol. The van der Waals surface area contributed by atoms with Crippen LogP contribution in [-0.2, 0) is 0 Å². The van der Waals surface area contributed by atoms with Crippen LogP contribution in [0.25, 0.3) is 6.08 Å². The summed E-state index contributed by atoms with van der Waals surface area (Å²) in [5.41, 5.74) is 3.00. The Morgan fingerprint density at radius 3 is 2.20 bits per heavy atom. The molecule has 0 nitrogen and oxygen atoms in total. The van der Waals surface area contributed by atoms with Gasteiger partial charge in [-0.1, -0.05) is 62.2 Å². The van der Waals surface area contributed by atoms with Gasteiger partial charge in [0.2, 0.25) is 0 Å². The van der Waals surface area contributed by atoms with E-state index in [0.717, 1.165) is 11.8 Å². The van der Waals surface area contributed by atoms with Crippen LogP contribution in [0.5, 0.6) is 0 Å². The van der Waals surface area contributed by atoms with Gasteiger partial charge in [0, 0.05) is 0 Å². The molecule has 15 heavy (non-hydrogen) atoms. The van der Waals surface area contributed by atoms with Gasteiger partial charge < -0.3 is 0 Å². The highest BCUT2D eigenvalue weighted by Crippen LogP contribution is 2.34. The molecule has 0 spiro atoms. The maximum absolute atomic E-state index is 2.40. The van der Waals surface area contributed by atoms with Gasteiger partial charge in [0.15, 0.2) is 0 Å². The van der Waals surface area contributed by atoms with Crippen molar-refractivity contribution in [1.29, 1.82) is 0 Å². The van der Waals surface area contributed by atoms with E-state index in [9.17, 15) is 0 Å². The van der Waals surface area contributed by atoms with Crippen molar-refractivity contribution in [2.24, 2.45) is 11.8 Å². The molecule has 0 bridgehead atoms. The van der Waals surface area contributed by atoms with Crippen LogP contribution in [0.3, 0.4) is 0 Å². The first-order chi connectivity index (χ1) is 7.27. The molecule has 1 aromatic carbocycles. The Labute approximate surface area is 93.0 Å². The predicted molar refractivity (Wildman–Crippen MR) is 66.6 cm³/mol. The zero-order chi connectivity index (χ0) is 10.7. The summed E-state index contributed by atoms with van der Waals surface area (Å²) >= 11 is 0. The summed E-state index contributed by atoms with van der Waals surface area (Å²) < 4.78 is 0. The van der Waals surface area contributed by atoms with Gasteiger partial charge in [0.1, 0.15) is 0 Å². The van der Waals surface area contributed by atoms with E-state index in [1.54, 1.807) is 5.57 Å². The second kappa shape index (κ2) is 4.65. The van der Waals surface area contributed by atoms with Gasteiger partial charge in [0.05, 0.1) is 0 Å². The maximum atomic E-state index is 2.40. The molecule has 0 saturated heterocycles. The van der Waals surface area contributed by atoms with E-state index in [0.29, 0.717) is 0 Å². The maximum Gasteiger partial charge on any atom is -0.0226 e. The molecule has 1 fully saturated rings. The van der Waals surface area contributed by atoms with Crippen LogP contribution in [0.4, 0.5) is 0 Å². The fourth-order valence-corrected chi connectivity index (χ4v) is 2.58. The Morgan fingerprint density at radius 2 is 1.60 bits per heavy atom. The highest BCUT2D eigenvalue weighted by Gasteiger charge is 2.20. The van der Waals surface area contributed by atoms with Gasteiger partial charge in [-0.25, -0.2) is 0 Å². The molecule has 1 aromatic rings. The van der Waals surface area contributed by atoms with Crippen molar-refractivity contribution in [3.63, 3.8) is 0 Å². The highest BCUT2D eigenvalue weighted by molar-refractivity contribution is 5.53. The number of allylic oxidation sites excluding steroid dienone is 1. The molecule has 0 aliphatic heterocycles. The SMILES string of the molecule is C[C@@H]1CCC[C@H](C)C1=Cc1ccccc1. The smallest absolute Gasteiger partial charge is 0.0226 e. The van der Waals surface area contributed by atoms with Gasteiger partial charge in [0.25, 0.3) is 0 Å². The number of hydrogen-bond donors (Lipinski definition) is 0. The van der Waals surface area contributed by atoms with Crippen LogP contribution < -0.4 is 0 Å². The number of hydrogen-bond acceptors (Lipinski definition) is 0. The van der Waals surface area contributed by atoms with Gasteiger partial charge in [-0.2, -0.15) is 0 Å². The van der Waals surface area contributed by atoms with Gasteiger partial charge >= 0.3 is 0 Å². The lowest BCUT2D eigenvalue weighted by atomic mass is 9.78. The summed E-state index contributed by atoms with van der Waals surface area (Å²) in [7, 11) is 0. The van der Waals surface area contributed by atoms with Gasteiger partial charge in [-0.15, -0.1) is 0 Å². The molecule has 0 heteroatoms. The lowest BCUT2D eigenvalue weighted by molar-refractivity contribution is 0.408. The Balaban J connectivity index is 2.24. The van der Waals surface area contributed by atoms with Crippen LogP contribution in [-0.4, -0.2) is 0 Å². The van der Waals surface area contributed by atoms with Crippen molar-refractivity contribution < 1.29 is 0 Å². The predicted octanol–water partition coefficient (Wildman–Crippen LogP) is 4.53. The van der Waals surface area contributed by atoms with Crippen LogP contribution in [0.1, 0.15) is 38.7 Å². The lowest BCUT2D eigenvalue weighted by Crippen LogP contribution is -2.14. The number of rotatable bonds is 1. The highest BCUT2D eigenvalue weighted by atomic mass is 14.3. The molecule has 0 N–H and O–H groups in total. The van der Waals surface area contributed by atoms with Gasteiger partial charge in [-0.05, 0) is 30.2 Å². The molecule has 0 aromatic heterocycles. The minimum atomic E-state index is 0.772. The van der Waals surface area contributed by atoms with Crippen molar-refractivity contribution in [2.75, 3.05) is 0 Å². The first kappa shape index (κ1) is 10.5. The van der Waals surface area contributed by atoms with Crippen molar-refractivity contribution in [3.05, 3.63) is 41.5 Å². The summed E-state index contributed by atoms with van der Waals surface area (Å²) in [6.45, 7) is 4.73. The van der Waals surface area contributed by atoms with E-state index in [1.807, 2.05) is 0 Å². The summed E-state index contributed by atoms with van der Waals surface area (Å²) in [4.78, 5) is 0. The van der Waals surface area contributed by atoms with E-state index in [2.05, 4.69) is 50.3 Å². The third-order valence-electron chi connectivity index (χ3n) is 3.55. The van der Waals surface area contributed by atoms with Crippen molar-refractivity contribution in [3.8, 4) is 0 Å². The number of benzene rings is 1. The fraction of sp³-hybridized carbons (Fsp3) is 0.467. The van der Waals surface area contributed by atoms with Crippen molar-refractivity contribution >= 4 is 6.08 Å². The van der Waals surface area contributed by atoms with Crippen molar-refractivity contribution in [1.82, 2.24) is 0 Å². The second-order valence-electron chi connectivity index (χ2n) is 4.79. The summed E-state index contributed by atoms with van der Waals surface area (Å²) in [5.74, 6) is 1.54. The minimum Gasteiger partial charge on any atom is -0.0640 e. The minimum absolute atomic E-state index is 0.772. The van der Waals surface area contributed by atoms with Crippen molar-refractivity contribution in [2.45, 2.75) is 33.1 Å². The lowest BCUT2D eigenvalue weighted by Gasteiger charge is -2.28. The molecule has 1 saturated carbocycles. The zero-order valence-electron chi connectivity index (χ0n) is 9.74. The van der Waals surface area contributed by atoms with E-state index >= 15 is 0 Å². The first-order valence-corrected chi connectivity index (χ1v) is 6.04. The fourth-order valence-electron chi connectivity index (χ4n) is 2.58. The Morgan fingerprint density at radius 1 is 1.00 bits per heavy atom. The molecule has 80 valence electrons. The van der Waals surface area contributed by atoms with E-state index in [-0.39, 0.29) is 0 Å². The molecule has 1 aliphatic rings. The molecule has 2 atom stereocenters. The summed E-state index contributed by atoms with van der Waals surface area (Å²) in [6, 6.07) is 10.7. The topological polar surface area (TPSA) is 0 Å². The summed E-state index contributed by atoms with van der Waals surface area (Å²) in [5, 5.41) is 0. The standard InChI is InChI=1S/C15H20/c1-12-7-6-8-13(2)15(12)11-14-9-4-3-5-10-14/h3-5,9-13H,6-8H2,1-2H3/t12-,13+. The van der Waals surface area contributed by atoms with Crippen LogP contribution in [0.2, 0.25) is 0 Å². The van der Waals surface area contributed by atoms with Gasteiger partial charge in [-0.3, -0.25) is 0 Å². The molecular formula is C15H20. The molecule has 0 heterocycles. The quantitative estimate of drug-likeness (QED) is 0.625. The molecule has 0 unspecified atom stereocenters. The molecule has 1 aliphatic carbocycles. The Hall–Kier alpha value is -1.04. The average Bonchev–Trinajstić information content (AvgIpc) is 2.25. The van der Waals surface area contributed by atoms with E-state index in [4.69, 9.17) is 0 Å². The van der Waals surface area contributed by atoms with Crippen LogP contribution >= 0.6 is 0 Å². The van der Waals surface area contributed by atoms with E-state index in [1.165, 1.54) is 24.8 Å².